The van der Waals surface area contributed by atoms with Crippen LogP contribution < -0.4 is 14.8 Å². The first-order valence-electron chi connectivity index (χ1n) is 7.62. The van der Waals surface area contributed by atoms with Gasteiger partial charge in [0.25, 0.3) is 5.91 Å². The minimum atomic E-state index is -3.86. The van der Waals surface area contributed by atoms with Gasteiger partial charge in [-0.15, -0.1) is 0 Å². The van der Waals surface area contributed by atoms with Crippen molar-refractivity contribution in [1.82, 2.24) is 19.3 Å². The maximum absolute atomic E-state index is 12.3. The van der Waals surface area contributed by atoms with Crippen molar-refractivity contribution in [1.29, 1.82) is 0 Å². The summed E-state index contributed by atoms with van der Waals surface area (Å²) in [6.07, 6.45) is 0.348. The number of carbonyl (C=O) groups is 2. The maximum Gasteiger partial charge on any atom is 0.301 e. The van der Waals surface area contributed by atoms with Gasteiger partial charge in [0.1, 0.15) is 5.69 Å². The lowest BCUT2D eigenvalue weighted by atomic mass is 10.2. The molecule has 11 heteroatoms. The predicted molar refractivity (Wildman–Crippen MR) is 101 cm³/mol. The molecule has 1 heterocycles. The molecule has 2 amide bonds. The highest BCUT2D eigenvalue weighted by atomic mass is 35.5. The Morgan fingerprint density at radius 2 is 1.88 bits per heavy atom. The van der Waals surface area contributed by atoms with E-state index in [9.17, 15) is 18.0 Å². The largest absolute Gasteiger partial charge is 0.351 e. The molecule has 8 nitrogen and oxygen atoms in total. The zero-order valence-electron chi connectivity index (χ0n) is 14.1. The van der Waals surface area contributed by atoms with Crippen LogP contribution >= 0.6 is 23.2 Å². The average molecular weight is 421 g/mol. The summed E-state index contributed by atoms with van der Waals surface area (Å²) in [5.41, 5.74) is 1.18. The Hall–Kier alpha value is -1.81. The highest BCUT2D eigenvalue weighted by Crippen LogP contribution is 2.32. The molecule has 0 aliphatic rings. The summed E-state index contributed by atoms with van der Waals surface area (Å²) < 4.78 is 28.5. The summed E-state index contributed by atoms with van der Waals surface area (Å²) in [5, 5.41) is 4.17. The fourth-order valence-electron chi connectivity index (χ4n) is 2.38. The molecule has 26 heavy (non-hydrogen) atoms. The van der Waals surface area contributed by atoms with E-state index in [1.54, 1.807) is 34.5 Å². The number of aromatic nitrogens is 1. The second-order valence-corrected chi connectivity index (χ2v) is 7.83. The van der Waals surface area contributed by atoms with Crippen molar-refractivity contribution in [2.75, 3.05) is 13.1 Å². The molecule has 2 aromatic rings. The molecule has 0 unspecified atom stereocenters. The van der Waals surface area contributed by atoms with E-state index in [1.165, 1.54) is 0 Å². The highest BCUT2D eigenvalue weighted by molar-refractivity contribution is 7.88. The van der Waals surface area contributed by atoms with E-state index in [0.717, 1.165) is 12.4 Å². The van der Waals surface area contributed by atoms with Crippen LogP contribution in [0.15, 0.2) is 18.2 Å². The molecule has 1 aromatic carbocycles. The monoisotopic (exact) mass is 420 g/mol. The molecular weight excluding hydrogens is 403 g/mol. The summed E-state index contributed by atoms with van der Waals surface area (Å²) in [4.78, 5) is 23.1. The Kier molecular flexibility index (Phi) is 6.51. The van der Waals surface area contributed by atoms with E-state index in [4.69, 9.17) is 23.2 Å². The van der Waals surface area contributed by atoms with Crippen LogP contribution in [-0.4, -0.2) is 37.9 Å². The predicted octanol–water partition coefficient (Wildman–Crippen LogP) is 1.58. The minimum absolute atomic E-state index is 0.0689. The van der Waals surface area contributed by atoms with Crippen molar-refractivity contribution in [3.8, 4) is 0 Å². The standard InChI is InChI=1S/C15H18Cl2N4O4S/c1-9(22)20-26(24,25)19-7-3-6-18-15(23)13-8-10-12(21(13)2)5-4-11(16)14(10)17/h4-5,8,19H,3,6-7H2,1-2H3,(H,18,23)(H,20,22). The smallest absolute Gasteiger partial charge is 0.301 e. The third-order valence-corrected chi connectivity index (χ3v) is 5.51. The number of fused-ring (bicyclic) bond motifs is 1. The van der Waals surface area contributed by atoms with E-state index < -0.39 is 16.1 Å². The van der Waals surface area contributed by atoms with Gasteiger partial charge in [-0.3, -0.25) is 9.59 Å². The van der Waals surface area contributed by atoms with Gasteiger partial charge in [0.15, 0.2) is 0 Å². The third-order valence-electron chi connectivity index (χ3n) is 3.56. The Morgan fingerprint density at radius 3 is 2.54 bits per heavy atom. The second-order valence-electron chi connectivity index (χ2n) is 5.55. The fourth-order valence-corrected chi connectivity index (χ4v) is 3.62. The number of halogens is 2. The van der Waals surface area contributed by atoms with Gasteiger partial charge < -0.3 is 9.88 Å². The number of nitrogens with one attached hydrogen (secondary N) is 3. The van der Waals surface area contributed by atoms with Crippen molar-refractivity contribution in [3.05, 3.63) is 33.9 Å². The molecule has 0 aliphatic carbocycles. The van der Waals surface area contributed by atoms with Gasteiger partial charge in [0.2, 0.25) is 5.91 Å². The summed E-state index contributed by atoms with van der Waals surface area (Å²) in [6, 6.07) is 5.09. The maximum atomic E-state index is 12.3. The van der Waals surface area contributed by atoms with Crippen molar-refractivity contribution in [2.24, 2.45) is 7.05 Å². The van der Waals surface area contributed by atoms with E-state index in [1.807, 2.05) is 0 Å². The molecule has 1 aromatic heterocycles. The summed E-state index contributed by atoms with van der Waals surface area (Å²) >= 11 is 12.2. The van der Waals surface area contributed by atoms with E-state index in [-0.39, 0.29) is 19.0 Å². The number of hydrogen-bond acceptors (Lipinski definition) is 4. The van der Waals surface area contributed by atoms with Gasteiger partial charge in [0, 0.05) is 38.0 Å². The van der Waals surface area contributed by atoms with Crippen molar-refractivity contribution < 1.29 is 18.0 Å². The van der Waals surface area contributed by atoms with Crippen molar-refractivity contribution >= 4 is 56.1 Å². The van der Waals surface area contributed by atoms with E-state index in [2.05, 4.69) is 10.0 Å². The topological polar surface area (TPSA) is 109 Å². The fraction of sp³-hybridized carbons (Fsp3) is 0.333. The Morgan fingerprint density at radius 1 is 1.19 bits per heavy atom. The first-order chi connectivity index (χ1) is 12.1. The number of hydrogen-bond donors (Lipinski definition) is 3. The highest BCUT2D eigenvalue weighted by Gasteiger charge is 2.16. The van der Waals surface area contributed by atoms with Crippen LogP contribution in [0.3, 0.4) is 0 Å². The molecule has 0 saturated heterocycles. The number of carbonyl (C=O) groups excluding carboxylic acids is 2. The van der Waals surface area contributed by atoms with Gasteiger partial charge in [-0.2, -0.15) is 13.1 Å². The normalized spacial score (nSPS) is 11.5. The summed E-state index contributed by atoms with van der Waals surface area (Å²) in [6.45, 7) is 1.42. The molecule has 0 saturated carbocycles. The van der Waals surface area contributed by atoms with Crippen LogP contribution in [0, 0.1) is 0 Å². The molecule has 0 atom stereocenters. The van der Waals surface area contributed by atoms with Crippen LogP contribution in [0.2, 0.25) is 10.0 Å². The zero-order chi connectivity index (χ0) is 19.5. The van der Waals surface area contributed by atoms with Gasteiger partial charge in [-0.25, -0.2) is 4.72 Å². The lowest BCUT2D eigenvalue weighted by Gasteiger charge is -2.08. The van der Waals surface area contributed by atoms with Crippen molar-refractivity contribution in [3.63, 3.8) is 0 Å². The van der Waals surface area contributed by atoms with Gasteiger partial charge in [0.05, 0.1) is 10.0 Å². The van der Waals surface area contributed by atoms with Crippen LogP contribution in [0.25, 0.3) is 10.9 Å². The molecular formula is C15H18Cl2N4O4S. The van der Waals surface area contributed by atoms with Crippen molar-refractivity contribution in [2.45, 2.75) is 13.3 Å². The van der Waals surface area contributed by atoms with Gasteiger partial charge >= 0.3 is 10.2 Å². The lowest BCUT2D eigenvalue weighted by molar-refractivity contribution is -0.117. The van der Waals surface area contributed by atoms with Gasteiger partial charge in [-0.05, 0) is 24.6 Å². The number of aryl methyl sites for hydroxylation is 1. The Balaban J connectivity index is 1.93. The van der Waals surface area contributed by atoms with E-state index >= 15 is 0 Å². The molecule has 0 radical (unpaired) electrons. The number of amides is 2. The van der Waals surface area contributed by atoms with Crippen LogP contribution in [-0.2, 0) is 22.1 Å². The molecule has 0 aliphatic heterocycles. The van der Waals surface area contributed by atoms with Crippen LogP contribution in [0.4, 0.5) is 0 Å². The quantitative estimate of drug-likeness (QED) is 0.590. The summed E-state index contributed by atoms with van der Waals surface area (Å²) in [5.74, 6) is -0.999. The molecule has 0 spiro atoms. The molecule has 0 fully saturated rings. The number of rotatable bonds is 7. The molecule has 2 rings (SSSR count). The first kappa shape index (κ1) is 20.5. The first-order valence-corrected chi connectivity index (χ1v) is 9.86. The molecule has 3 N–H and O–H groups in total. The average Bonchev–Trinajstić information content (AvgIpc) is 2.87. The Labute approximate surface area is 161 Å². The van der Waals surface area contributed by atoms with E-state index in [0.29, 0.717) is 27.5 Å². The number of nitrogens with zero attached hydrogens (tertiary/aromatic N) is 1. The Bertz CT molecular complexity index is 956. The molecule has 142 valence electrons. The van der Waals surface area contributed by atoms with Crippen LogP contribution in [0.5, 0.6) is 0 Å². The second kappa shape index (κ2) is 8.26. The van der Waals surface area contributed by atoms with Gasteiger partial charge in [-0.1, -0.05) is 23.2 Å². The molecule has 0 bridgehead atoms. The number of benzene rings is 1. The summed E-state index contributed by atoms with van der Waals surface area (Å²) in [7, 11) is -2.12. The lowest BCUT2D eigenvalue weighted by Crippen LogP contribution is -2.40. The SMILES string of the molecule is CC(=O)NS(=O)(=O)NCCCNC(=O)c1cc2c(Cl)c(Cl)ccc2n1C. The van der Waals surface area contributed by atoms with Crippen LogP contribution in [0.1, 0.15) is 23.8 Å². The third kappa shape index (κ3) is 4.88. The zero-order valence-corrected chi connectivity index (χ0v) is 16.4. The minimum Gasteiger partial charge on any atom is -0.351 e.